The fourth-order valence-corrected chi connectivity index (χ4v) is 2.93. The van der Waals surface area contributed by atoms with Crippen molar-refractivity contribution in [2.75, 3.05) is 0 Å². The molecule has 0 radical (unpaired) electrons. The number of pyridine rings is 1. The van der Waals surface area contributed by atoms with Gasteiger partial charge in [0.05, 0.1) is 16.2 Å². The molecule has 0 saturated heterocycles. The molecule has 5 nitrogen and oxygen atoms in total. The minimum absolute atomic E-state index is 0.483. The number of rotatable bonds is 4. The van der Waals surface area contributed by atoms with Crippen LogP contribution in [0.1, 0.15) is 17.0 Å². The first-order valence-corrected chi connectivity index (χ1v) is 8.56. The molecule has 126 valence electrons. The Kier molecular flexibility index (Phi) is 4.19. The van der Waals surface area contributed by atoms with Gasteiger partial charge in [0.2, 0.25) is 5.71 Å². The summed E-state index contributed by atoms with van der Waals surface area (Å²) in [6.07, 6.45) is 5.22. The van der Waals surface area contributed by atoms with E-state index in [-0.39, 0.29) is 0 Å². The first-order valence-electron chi connectivity index (χ1n) is 7.80. The van der Waals surface area contributed by atoms with Crippen LogP contribution in [0.25, 0.3) is 17.3 Å². The Hall–Kier alpha value is -2.37. The van der Waals surface area contributed by atoms with Crippen LogP contribution in [0.4, 0.5) is 0 Å². The van der Waals surface area contributed by atoms with Gasteiger partial charge in [0.15, 0.2) is 0 Å². The summed E-state index contributed by atoms with van der Waals surface area (Å²) in [6.45, 7) is 1.87. The fraction of sp³-hybridized carbons (Fsp3) is 0.167. The zero-order valence-corrected chi connectivity index (χ0v) is 14.9. The highest BCUT2D eigenvalue weighted by atomic mass is 35.5. The first-order chi connectivity index (χ1) is 12.1. The normalized spacial score (nSPS) is 11.3. The molecule has 0 N–H and O–H groups in total. The number of nitrogens with zero attached hydrogens (tertiary/aromatic N) is 4. The number of fused-ring (bicyclic) bond motifs is 1. The highest BCUT2D eigenvalue weighted by molar-refractivity contribution is 6.42. The van der Waals surface area contributed by atoms with Gasteiger partial charge in [-0.3, -0.25) is 4.98 Å². The van der Waals surface area contributed by atoms with Crippen LogP contribution in [0.5, 0.6) is 0 Å². The molecule has 0 bridgehead atoms. The van der Waals surface area contributed by atoms with E-state index in [4.69, 9.17) is 27.6 Å². The highest BCUT2D eigenvalue weighted by Crippen LogP contribution is 2.23. The Labute approximate surface area is 154 Å². The van der Waals surface area contributed by atoms with Crippen molar-refractivity contribution in [1.29, 1.82) is 0 Å². The summed E-state index contributed by atoms with van der Waals surface area (Å²) in [4.78, 5) is 8.60. The van der Waals surface area contributed by atoms with E-state index in [0.29, 0.717) is 27.3 Å². The summed E-state index contributed by atoms with van der Waals surface area (Å²) >= 11 is 12.0. The van der Waals surface area contributed by atoms with Crippen LogP contribution in [0, 0.1) is 6.92 Å². The molecule has 3 heterocycles. The van der Waals surface area contributed by atoms with Crippen molar-refractivity contribution in [2.45, 2.75) is 19.8 Å². The van der Waals surface area contributed by atoms with Gasteiger partial charge in [-0.05, 0) is 49.1 Å². The third kappa shape index (κ3) is 3.25. The molecule has 0 aliphatic heterocycles. The molecule has 1 aromatic carbocycles. The van der Waals surface area contributed by atoms with Gasteiger partial charge in [0, 0.05) is 6.20 Å². The average Bonchev–Trinajstić information content (AvgIpc) is 3.19. The number of aryl methyl sites for hydroxylation is 3. The second-order valence-corrected chi connectivity index (χ2v) is 6.58. The van der Waals surface area contributed by atoms with Crippen molar-refractivity contribution < 1.29 is 4.42 Å². The number of benzene rings is 1. The molecule has 4 aromatic rings. The summed E-state index contributed by atoms with van der Waals surface area (Å²) in [5, 5.41) is 5.54. The van der Waals surface area contributed by atoms with E-state index >= 15 is 0 Å². The van der Waals surface area contributed by atoms with Crippen LogP contribution in [0.2, 0.25) is 10.0 Å². The van der Waals surface area contributed by atoms with E-state index in [0.717, 1.165) is 29.8 Å². The fourth-order valence-electron chi connectivity index (χ4n) is 2.61. The summed E-state index contributed by atoms with van der Waals surface area (Å²) in [5.41, 5.74) is 3.58. The van der Waals surface area contributed by atoms with Crippen molar-refractivity contribution in [3.63, 3.8) is 0 Å². The van der Waals surface area contributed by atoms with Crippen molar-refractivity contribution in [3.8, 4) is 11.6 Å². The Bertz CT molecular complexity index is 1040. The van der Waals surface area contributed by atoms with Crippen molar-refractivity contribution in [3.05, 3.63) is 69.7 Å². The number of aromatic nitrogens is 4. The zero-order chi connectivity index (χ0) is 17.4. The standard InChI is InChI=1S/C18H14Cl2N4O/c1-11-21-10-17-24(11)23-18(25-17)16-7-5-13(9-22-16)3-2-12-4-6-14(19)15(20)8-12/h4-10H,2-3H2,1H3. The highest BCUT2D eigenvalue weighted by Gasteiger charge is 2.11. The number of halogens is 2. The lowest BCUT2D eigenvalue weighted by molar-refractivity contribution is 0.614. The van der Waals surface area contributed by atoms with Gasteiger partial charge in [0.1, 0.15) is 11.5 Å². The zero-order valence-electron chi connectivity index (χ0n) is 13.4. The summed E-state index contributed by atoms with van der Waals surface area (Å²) in [7, 11) is 0. The molecule has 7 heteroatoms. The maximum Gasteiger partial charge on any atom is 0.264 e. The Morgan fingerprint density at radius 3 is 2.48 bits per heavy atom. The monoisotopic (exact) mass is 372 g/mol. The summed E-state index contributed by atoms with van der Waals surface area (Å²) in [5.74, 6) is 1.26. The van der Waals surface area contributed by atoms with Gasteiger partial charge in [-0.25, -0.2) is 4.98 Å². The minimum atomic E-state index is 0.483. The molecule has 4 rings (SSSR count). The molecule has 0 fully saturated rings. The topological polar surface area (TPSA) is 56.2 Å². The van der Waals surface area contributed by atoms with Gasteiger partial charge < -0.3 is 4.42 Å². The molecule has 3 aromatic heterocycles. The van der Waals surface area contributed by atoms with Crippen LogP contribution < -0.4 is 0 Å². The van der Waals surface area contributed by atoms with Crippen molar-refractivity contribution in [1.82, 2.24) is 19.6 Å². The van der Waals surface area contributed by atoms with Gasteiger partial charge >= 0.3 is 0 Å². The van der Waals surface area contributed by atoms with Crippen LogP contribution in [0.3, 0.4) is 0 Å². The van der Waals surface area contributed by atoms with E-state index in [1.165, 1.54) is 0 Å². The van der Waals surface area contributed by atoms with Gasteiger partial charge in [-0.2, -0.15) is 4.52 Å². The third-order valence-electron chi connectivity index (χ3n) is 4.00. The summed E-state index contributed by atoms with van der Waals surface area (Å²) < 4.78 is 7.33. The number of hydrogen-bond acceptors (Lipinski definition) is 4. The van der Waals surface area contributed by atoms with Crippen molar-refractivity contribution in [2.24, 2.45) is 0 Å². The van der Waals surface area contributed by atoms with Crippen molar-refractivity contribution >= 4 is 28.9 Å². The van der Waals surface area contributed by atoms with Crippen LogP contribution in [0.15, 0.2) is 47.1 Å². The summed E-state index contributed by atoms with van der Waals surface area (Å²) in [6, 6.07) is 9.66. The molecule has 0 saturated carbocycles. The number of hydrogen-bond donors (Lipinski definition) is 0. The van der Waals surface area contributed by atoms with E-state index < -0.39 is 0 Å². The molecule has 0 aliphatic rings. The quantitative estimate of drug-likeness (QED) is 0.516. The van der Waals surface area contributed by atoms with Gasteiger partial charge in [-0.1, -0.05) is 35.3 Å². The van der Waals surface area contributed by atoms with E-state index in [9.17, 15) is 0 Å². The molecular formula is C18H14Cl2N4O. The average molecular weight is 373 g/mol. The lowest BCUT2D eigenvalue weighted by atomic mass is 10.1. The lowest BCUT2D eigenvalue weighted by Crippen LogP contribution is -1.94. The largest absolute Gasteiger partial charge is 0.415 e. The minimum Gasteiger partial charge on any atom is -0.415 e. The molecule has 0 amide bonds. The molecule has 0 aliphatic carbocycles. The Morgan fingerprint density at radius 1 is 0.960 bits per heavy atom. The van der Waals surface area contributed by atoms with Crippen LogP contribution >= 0.6 is 23.2 Å². The second-order valence-electron chi connectivity index (χ2n) is 5.76. The molecule has 25 heavy (non-hydrogen) atoms. The van der Waals surface area contributed by atoms with Crippen LogP contribution in [-0.4, -0.2) is 19.6 Å². The molecule has 0 atom stereocenters. The predicted octanol–water partition coefficient (Wildman–Crippen LogP) is 4.78. The predicted molar refractivity (Wildman–Crippen MR) is 97.1 cm³/mol. The van der Waals surface area contributed by atoms with E-state index in [2.05, 4.69) is 15.1 Å². The first kappa shape index (κ1) is 16.1. The Morgan fingerprint density at radius 2 is 1.76 bits per heavy atom. The van der Waals surface area contributed by atoms with E-state index in [1.807, 2.05) is 43.5 Å². The Balaban J connectivity index is 1.48. The number of imidazole rings is 1. The van der Waals surface area contributed by atoms with Gasteiger partial charge in [0.25, 0.3) is 5.89 Å². The van der Waals surface area contributed by atoms with Crippen LogP contribution in [-0.2, 0) is 12.8 Å². The molecular weight excluding hydrogens is 359 g/mol. The van der Waals surface area contributed by atoms with Gasteiger partial charge in [-0.15, -0.1) is 5.10 Å². The lowest BCUT2D eigenvalue weighted by Gasteiger charge is -2.04. The smallest absolute Gasteiger partial charge is 0.264 e. The van der Waals surface area contributed by atoms with E-state index in [1.54, 1.807) is 10.7 Å². The SMILES string of the molecule is Cc1ncc2oc(-c3ccc(CCc4ccc(Cl)c(Cl)c4)cn3)nn12. The second kappa shape index (κ2) is 6.50. The third-order valence-corrected chi connectivity index (χ3v) is 4.74. The maximum atomic E-state index is 6.05. The maximum absolute atomic E-state index is 6.05. The molecule has 0 unspecified atom stereocenters. The molecule has 0 spiro atoms.